The summed E-state index contributed by atoms with van der Waals surface area (Å²) in [5.41, 5.74) is 0. The maximum absolute atomic E-state index is 5.41. The number of nitrogens with zero attached hydrogens (tertiary/aromatic N) is 1. The number of fused-ring (bicyclic) bond motifs is 1. The summed E-state index contributed by atoms with van der Waals surface area (Å²) in [4.78, 5) is 2.67. The summed E-state index contributed by atoms with van der Waals surface area (Å²) < 4.78 is 5.41. The summed E-state index contributed by atoms with van der Waals surface area (Å²) in [6.45, 7) is 6.74. The molecule has 0 amide bonds. The first-order valence-electron chi connectivity index (χ1n) is 5.97. The van der Waals surface area contributed by atoms with Crippen LogP contribution in [0.15, 0.2) is 0 Å². The summed E-state index contributed by atoms with van der Waals surface area (Å²) in [5.74, 6) is 1.91. The molecule has 0 radical (unpaired) electrons. The Balaban J connectivity index is 1.66. The van der Waals surface area contributed by atoms with Crippen molar-refractivity contribution in [2.75, 3.05) is 39.4 Å². The first kappa shape index (κ1) is 9.13. The molecule has 0 bridgehead atoms. The molecule has 3 fully saturated rings. The van der Waals surface area contributed by atoms with Crippen LogP contribution >= 0.6 is 0 Å². The molecule has 0 spiro atoms. The molecule has 3 rings (SSSR count). The van der Waals surface area contributed by atoms with Crippen molar-refractivity contribution in [3.05, 3.63) is 0 Å². The summed E-state index contributed by atoms with van der Waals surface area (Å²) in [5, 5.41) is 3.54. The van der Waals surface area contributed by atoms with Crippen molar-refractivity contribution in [1.29, 1.82) is 0 Å². The molecule has 0 aromatic heterocycles. The predicted octanol–water partition coefficient (Wildman–Crippen LogP) is 0.317. The zero-order chi connectivity index (χ0) is 9.38. The van der Waals surface area contributed by atoms with Gasteiger partial charge in [0.05, 0.1) is 13.2 Å². The van der Waals surface area contributed by atoms with E-state index in [9.17, 15) is 0 Å². The monoisotopic (exact) mass is 196 g/mol. The minimum absolute atomic E-state index is 0.860. The van der Waals surface area contributed by atoms with Gasteiger partial charge in [-0.3, -0.25) is 4.90 Å². The third kappa shape index (κ3) is 1.47. The lowest BCUT2D eigenvalue weighted by Gasteiger charge is -2.35. The zero-order valence-electron chi connectivity index (χ0n) is 8.74. The minimum Gasteiger partial charge on any atom is -0.379 e. The molecule has 2 aliphatic heterocycles. The van der Waals surface area contributed by atoms with E-state index in [-0.39, 0.29) is 0 Å². The molecule has 3 heteroatoms. The highest BCUT2D eigenvalue weighted by Crippen LogP contribution is 2.37. The molecule has 14 heavy (non-hydrogen) atoms. The lowest BCUT2D eigenvalue weighted by molar-refractivity contribution is 0.00834. The first-order chi connectivity index (χ1) is 6.95. The van der Waals surface area contributed by atoms with Crippen LogP contribution in [0.3, 0.4) is 0 Å². The van der Waals surface area contributed by atoms with Crippen molar-refractivity contribution in [2.24, 2.45) is 11.8 Å². The number of rotatable bonds is 1. The normalized spacial score (nSPS) is 44.1. The van der Waals surface area contributed by atoms with Crippen molar-refractivity contribution in [2.45, 2.75) is 18.9 Å². The van der Waals surface area contributed by atoms with Gasteiger partial charge in [-0.15, -0.1) is 0 Å². The van der Waals surface area contributed by atoms with Crippen LogP contribution in [-0.2, 0) is 4.74 Å². The van der Waals surface area contributed by atoms with Gasteiger partial charge in [-0.1, -0.05) is 0 Å². The Labute approximate surface area is 85.8 Å². The molecule has 1 aliphatic carbocycles. The fraction of sp³-hybridized carbons (Fsp3) is 1.00. The maximum atomic E-state index is 5.41. The maximum Gasteiger partial charge on any atom is 0.0594 e. The number of hydrogen-bond acceptors (Lipinski definition) is 3. The number of nitrogens with one attached hydrogen (secondary N) is 1. The van der Waals surface area contributed by atoms with Gasteiger partial charge >= 0.3 is 0 Å². The topological polar surface area (TPSA) is 24.5 Å². The Morgan fingerprint density at radius 2 is 1.93 bits per heavy atom. The van der Waals surface area contributed by atoms with E-state index in [1.807, 2.05) is 0 Å². The lowest BCUT2D eigenvalue weighted by Crippen LogP contribution is -2.46. The van der Waals surface area contributed by atoms with E-state index in [0.717, 1.165) is 44.2 Å². The van der Waals surface area contributed by atoms with Crippen molar-refractivity contribution in [3.63, 3.8) is 0 Å². The highest BCUT2D eigenvalue weighted by atomic mass is 16.5. The third-order valence-corrected chi connectivity index (χ3v) is 4.23. The second-order valence-electron chi connectivity index (χ2n) is 4.88. The van der Waals surface area contributed by atoms with Gasteiger partial charge in [-0.05, 0) is 37.8 Å². The SMILES string of the molecule is C1CN([C@@H]2CC[C@H]3CNC[C@H]32)CCO1. The number of morpholine rings is 1. The molecule has 1 N–H and O–H groups in total. The van der Waals surface area contributed by atoms with Gasteiger partial charge in [0, 0.05) is 19.1 Å². The zero-order valence-corrected chi connectivity index (χ0v) is 8.74. The molecule has 3 aliphatic rings. The fourth-order valence-electron chi connectivity index (χ4n) is 3.48. The number of ether oxygens (including phenoxy) is 1. The molecule has 0 aromatic rings. The molecule has 80 valence electrons. The van der Waals surface area contributed by atoms with Crippen LogP contribution < -0.4 is 5.32 Å². The Hall–Kier alpha value is -0.120. The molecule has 1 saturated carbocycles. The second-order valence-corrected chi connectivity index (χ2v) is 4.88. The lowest BCUT2D eigenvalue weighted by atomic mass is 9.96. The van der Waals surface area contributed by atoms with Gasteiger partial charge in [-0.2, -0.15) is 0 Å². The van der Waals surface area contributed by atoms with Crippen LogP contribution in [0.1, 0.15) is 12.8 Å². The number of hydrogen-bond donors (Lipinski definition) is 1. The Morgan fingerprint density at radius 3 is 2.79 bits per heavy atom. The molecular formula is C11H20N2O. The van der Waals surface area contributed by atoms with Gasteiger partial charge in [0.2, 0.25) is 0 Å². The molecule has 2 heterocycles. The van der Waals surface area contributed by atoms with Crippen molar-refractivity contribution in [1.82, 2.24) is 10.2 Å². The fourth-order valence-corrected chi connectivity index (χ4v) is 3.48. The van der Waals surface area contributed by atoms with E-state index >= 15 is 0 Å². The van der Waals surface area contributed by atoms with E-state index in [4.69, 9.17) is 4.74 Å². The van der Waals surface area contributed by atoms with Gasteiger partial charge in [0.1, 0.15) is 0 Å². The van der Waals surface area contributed by atoms with Gasteiger partial charge in [0.15, 0.2) is 0 Å². The van der Waals surface area contributed by atoms with Gasteiger partial charge in [0.25, 0.3) is 0 Å². The highest BCUT2D eigenvalue weighted by molar-refractivity contribution is 4.96. The summed E-state index contributed by atoms with van der Waals surface area (Å²) in [6, 6.07) is 0.860. The minimum atomic E-state index is 0.860. The second kappa shape index (κ2) is 3.80. The Morgan fingerprint density at radius 1 is 1.07 bits per heavy atom. The summed E-state index contributed by atoms with van der Waals surface area (Å²) >= 11 is 0. The van der Waals surface area contributed by atoms with Crippen molar-refractivity contribution < 1.29 is 4.74 Å². The van der Waals surface area contributed by atoms with E-state index in [1.54, 1.807) is 0 Å². The summed E-state index contributed by atoms with van der Waals surface area (Å²) in [6.07, 6.45) is 2.87. The molecule has 3 nitrogen and oxygen atoms in total. The average molecular weight is 196 g/mol. The molecule has 2 saturated heterocycles. The van der Waals surface area contributed by atoms with Crippen LogP contribution in [0.25, 0.3) is 0 Å². The summed E-state index contributed by atoms with van der Waals surface area (Å²) in [7, 11) is 0. The molecular weight excluding hydrogens is 176 g/mol. The quantitative estimate of drug-likeness (QED) is 0.653. The molecule has 3 atom stereocenters. The van der Waals surface area contributed by atoms with Crippen LogP contribution in [0.4, 0.5) is 0 Å². The van der Waals surface area contributed by atoms with Crippen molar-refractivity contribution >= 4 is 0 Å². The standard InChI is InChI=1S/C11H20N2O/c1-2-11(10-8-12-7-9(1)10)13-3-5-14-6-4-13/h9-12H,1-8H2/t9-,10+,11+/m0/s1. The largest absolute Gasteiger partial charge is 0.379 e. The Bertz CT molecular complexity index is 203. The Kier molecular flexibility index (Phi) is 2.48. The van der Waals surface area contributed by atoms with E-state index in [1.165, 1.54) is 25.9 Å². The van der Waals surface area contributed by atoms with Crippen LogP contribution in [0.5, 0.6) is 0 Å². The van der Waals surface area contributed by atoms with E-state index in [0.29, 0.717) is 0 Å². The molecule has 0 aromatic carbocycles. The van der Waals surface area contributed by atoms with Crippen LogP contribution in [-0.4, -0.2) is 50.3 Å². The van der Waals surface area contributed by atoms with Gasteiger partial charge in [-0.25, -0.2) is 0 Å². The predicted molar refractivity (Wildman–Crippen MR) is 55.3 cm³/mol. The van der Waals surface area contributed by atoms with E-state index < -0.39 is 0 Å². The highest BCUT2D eigenvalue weighted by Gasteiger charge is 2.41. The molecule has 0 unspecified atom stereocenters. The smallest absolute Gasteiger partial charge is 0.0594 e. The van der Waals surface area contributed by atoms with Crippen LogP contribution in [0, 0.1) is 11.8 Å². The van der Waals surface area contributed by atoms with Crippen LogP contribution in [0.2, 0.25) is 0 Å². The third-order valence-electron chi connectivity index (χ3n) is 4.23. The average Bonchev–Trinajstić information content (AvgIpc) is 2.79. The first-order valence-corrected chi connectivity index (χ1v) is 5.97. The van der Waals surface area contributed by atoms with E-state index in [2.05, 4.69) is 10.2 Å². The van der Waals surface area contributed by atoms with Gasteiger partial charge < -0.3 is 10.1 Å². The van der Waals surface area contributed by atoms with Crippen molar-refractivity contribution in [3.8, 4) is 0 Å².